The molecule has 14 nitrogen and oxygen atoms in total. The maximum atomic E-state index is 9.75. The molecule has 2 aromatic heterocycles. The van der Waals surface area contributed by atoms with Gasteiger partial charge >= 0.3 is 0 Å². The van der Waals surface area contributed by atoms with Gasteiger partial charge in [-0.25, -0.2) is 0 Å². The number of ether oxygens (including phenoxy) is 8. The molecule has 0 spiro atoms. The molecular weight excluding hydrogens is 967 g/mol. The number of nitrogens with zero attached hydrogens (tertiary/aromatic N) is 4. The number of hydrogen-bond acceptors (Lipinski definition) is 14. The number of rotatable bonds is 18. The Balaban J connectivity index is 0.000000193. The van der Waals surface area contributed by atoms with Crippen molar-refractivity contribution >= 4 is 73.7 Å². The highest BCUT2D eigenvalue weighted by atomic mass is 35.5. The zero-order valence-electron chi connectivity index (χ0n) is 39.2. The molecule has 0 amide bonds. The molecule has 8 rings (SSSR count). The van der Waals surface area contributed by atoms with Crippen molar-refractivity contribution in [1.29, 1.82) is 10.5 Å². The zero-order chi connectivity index (χ0) is 50.5. The Hall–Kier alpha value is -8.01. The molecule has 0 saturated carbocycles. The minimum Gasteiger partial charge on any atom is -0.493 e. The standard InChI is InChI=1S/C27H24ClN3O4.C14H12Cl2N2O2.C13H13NO2/c1-32-23-9-3-4-10-24(23)35-20-8-5-7-19(13-20)31-27-18(16-29)17-30-22-15-26(34-12-6-11-28)25(33-2)14-21(22)27;1-19-12-5-10-11(6-13(12)20-4-2-3-15)18-8-9(7-17)14(10)16;1-15-12-7-2-3-8-13(12)16-11-6-4-5-10(14)9-11/h3-5,7-10,13-15,17H,6,11-12H2,1-2H3,(H,30,31);5-6,8H,2-4H2,1H3;2-9H,14H2,1H3. The Morgan fingerprint density at radius 3 is 1.52 bits per heavy atom. The van der Waals surface area contributed by atoms with Crippen molar-refractivity contribution in [3.8, 4) is 69.6 Å². The molecule has 0 aliphatic heterocycles. The molecule has 0 atom stereocenters. The van der Waals surface area contributed by atoms with Crippen LogP contribution in [0.2, 0.25) is 5.02 Å². The monoisotopic (exact) mass is 1010 g/mol. The molecule has 17 heteroatoms. The molecule has 8 aromatic rings. The number of hydrogen-bond donors (Lipinski definition) is 2. The van der Waals surface area contributed by atoms with E-state index >= 15 is 0 Å². The molecular formula is C54H49Cl3N6O8. The third-order valence-corrected chi connectivity index (χ3v) is 11.0. The summed E-state index contributed by atoms with van der Waals surface area (Å²) >= 11 is 17.6. The Bertz CT molecular complexity index is 3150. The van der Waals surface area contributed by atoms with E-state index in [-0.39, 0.29) is 0 Å². The first-order chi connectivity index (χ1) is 34.7. The normalized spacial score (nSPS) is 10.3. The topological polar surface area (TPSA) is 185 Å². The molecule has 0 radical (unpaired) electrons. The van der Waals surface area contributed by atoms with E-state index in [1.54, 1.807) is 52.7 Å². The second kappa shape index (κ2) is 26.7. The molecule has 364 valence electrons. The second-order valence-corrected chi connectivity index (χ2v) is 15.9. The first-order valence-corrected chi connectivity index (χ1v) is 23.3. The van der Waals surface area contributed by atoms with Gasteiger partial charge in [-0.2, -0.15) is 10.5 Å². The lowest BCUT2D eigenvalue weighted by Crippen LogP contribution is -2.02. The lowest BCUT2D eigenvalue weighted by molar-refractivity contribution is 0.295. The first-order valence-electron chi connectivity index (χ1n) is 21.9. The van der Waals surface area contributed by atoms with E-state index in [0.717, 1.165) is 17.5 Å². The highest BCUT2D eigenvalue weighted by Crippen LogP contribution is 2.39. The van der Waals surface area contributed by atoms with E-state index in [4.69, 9.17) is 83.7 Å². The van der Waals surface area contributed by atoms with Crippen molar-refractivity contribution in [3.63, 3.8) is 0 Å². The summed E-state index contributed by atoms with van der Waals surface area (Å²) in [6.07, 6.45) is 4.43. The number of nitriles is 2. The summed E-state index contributed by atoms with van der Waals surface area (Å²) in [5.41, 5.74) is 9.73. The Kier molecular flexibility index (Phi) is 19.7. The van der Waals surface area contributed by atoms with Crippen LogP contribution in [0.3, 0.4) is 0 Å². The number of halogens is 3. The zero-order valence-corrected chi connectivity index (χ0v) is 41.5. The van der Waals surface area contributed by atoms with Crippen LogP contribution in [0.25, 0.3) is 21.8 Å². The first kappa shape index (κ1) is 52.4. The number of nitrogens with two attached hydrogens (primary N) is 1. The van der Waals surface area contributed by atoms with Gasteiger partial charge in [-0.1, -0.05) is 48.0 Å². The van der Waals surface area contributed by atoms with Crippen LogP contribution < -0.4 is 48.9 Å². The number of alkyl halides is 2. The molecule has 0 saturated heterocycles. The van der Waals surface area contributed by atoms with Crippen molar-refractivity contribution in [2.75, 3.05) is 64.5 Å². The number of pyridine rings is 2. The van der Waals surface area contributed by atoms with Gasteiger partial charge in [0.1, 0.15) is 23.6 Å². The highest BCUT2D eigenvalue weighted by Gasteiger charge is 2.16. The lowest BCUT2D eigenvalue weighted by atomic mass is 10.1. The number of nitrogen functional groups attached to an aromatic ring is 1. The molecule has 6 aromatic carbocycles. The fourth-order valence-electron chi connectivity index (χ4n) is 6.70. The molecule has 2 heterocycles. The van der Waals surface area contributed by atoms with Crippen molar-refractivity contribution in [3.05, 3.63) is 150 Å². The third kappa shape index (κ3) is 14.1. The SMILES string of the molecule is COc1cc2c(Cl)c(C#N)cnc2cc1OCCCCl.COc1cc2c(Nc3cccc(Oc4ccccc4OC)c3)c(C#N)cnc2cc1OCCCCl.COc1ccccc1Oc1cccc(N)c1. The molecule has 0 bridgehead atoms. The van der Waals surface area contributed by atoms with Gasteiger partial charge < -0.3 is 48.9 Å². The Morgan fingerprint density at radius 2 is 1.01 bits per heavy atom. The van der Waals surface area contributed by atoms with Crippen LogP contribution in [0.4, 0.5) is 17.1 Å². The van der Waals surface area contributed by atoms with Crippen LogP contribution in [0.15, 0.2) is 134 Å². The predicted molar refractivity (Wildman–Crippen MR) is 279 cm³/mol. The maximum Gasteiger partial charge on any atom is 0.169 e. The lowest BCUT2D eigenvalue weighted by Gasteiger charge is -2.16. The maximum absolute atomic E-state index is 9.75. The van der Waals surface area contributed by atoms with Gasteiger partial charge in [-0.3, -0.25) is 9.97 Å². The van der Waals surface area contributed by atoms with Crippen molar-refractivity contribution in [2.24, 2.45) is 0 Å². The molecule has 0 unspecified atom stereocenters. The van der Waals surface area contributed by atoms with E-state index in [0.29, 0.717) is 133 Å². The average molecular weight is 1020 g/mol. The summed E-state index contributed by atoms with van der Waals surface area (Å²) < 4.78 is 44.5. The van der Waals surface area contributed by atoms with Crippen molar-refractivity contribution < 1.29 is 37.9 Å². The van der Waals surface area contributed by atoms with Crippen molar-refractivity contribution in [2.45, 2.75) is 12.8 Å². The van der Waals surface area contributed by atoms with Crippen LogP contribution in [0, 0.1) is 22.7 Å². The smallest absolute Gasteiger partial charge is 0.169 e. The number of aromatic nitrogens is 2. The van der Waals surface area contributed by atoms with E-state index in [2.05, 4.69) is 21.4 Å². The van der Waals surface area contributed by atoms with Gasteiger partial charge in [0, 0.05) is 70.6 Å². The number of para-hydroxylation sites is 4. The summed E-state index contributed by atoms with van der Waals surface area (Å²) in [7, 11) is 6.33. The molecule has 0 aliphatic carbocycles. The fourth-order valence-corrected chi connectivity index (χ4v) is 7.16. The van der Waals surface area contributed by atoms with E-state index in [1.165, 1.54) is 12.4 Å². The minimum absolute atomic E-state index is 0.331. The summed E-state index contributed by atoms with van der Waals surface area (Å²) in [5.74, 6) is 7.21. The second-order valence-electron chi connectivity index (χ2n) is 14.8. The fraction of sp³-hybridized carbons (Fsp3) is 0.185. The third-order valence-electron chi connectivity index (χ3n) is 10.1. The number of anilines is 3. The summed E-state index contributed by atoms with van der Waals surface area (Å²) in [6.45, 7) is 0.959. The quantitative estimate of drug-likeness (QED) is 0.0470. The van der Waals surface area contributed by atoms with E-state index in [1.807, 2.05) is 103 Å². The summed E-state index contributed by atoms with van der Waals surface area (Å²) in [4.78, 5) is 8.66. The molecule has 3 N–H and O–H groups in total. The van der Waals surface area contributed by atoms with Crippen LogP contribution in [-0.2, 0) is 0 Å². The predicted octanol–water partition coefficient (Wildman–Crippen LogP) is 13.5. The van der Waals surface area contributed by atoms with Crippen LogP contribution in [0.1, 0.15) is 24.0 Å². The van der Waals surface area contributed by atoms with Crippen LogP contribution in [-0.4, -0.2) is 63.4 Å². The van der Waals surface area contributed by atoms with Crippen LogP contribution >= 0.6 is 34.8 Å². The summed E-state index contributed by atoms with van der Waals surface area (Å²) in [5, 5.41) is 23.8. The van der Waals surface area contributed by atoms with E-state index in [9.17, 15) is 5.26 Å². The molecule has 0 fully saturated rings. The number of benzene rings is 6. The number of fused-ring (bicyclic) bond motifs is 2. The van der Waals surface area contributed by atoms with Gasteiger partial charge in [0.05, 0.1) is 74.5 Å². The molecule has 71 heavy (non-hydrogen) atoms. The van der Waals surface area contributed by atoms with Crippen molar-refractivity contribution in [1.82, 2.24) is 9.97 Å². The molecule has 0 aliphatic rings. The average Bonchev–Trinajstić information content (AvgIpc) is 3.39. The van der Waals surface area contributed by atoms with Gasteiger partial charge in [0.15, 0.2) is 46.0 Å². The number of methoxy groups -OCH3 is 4. The highest BCUT2D eigenvalue weighted by molar-refractivity contribution is 6.36. The summed E-state index contributed by atoms with van der Waals surface area (Å²) in [6, 6.07) is 40.9. The van der Waals surface area contributed by atoms with E-state index < -0.39 is 0 Å². The van der Waals surface area contributed by atoms with Gasteiger partial charge in [0.2, 0.25) is 0 Å². The Labute approximate surface area is 426 Å². The Morgan fingerprint density at radius 1 is 0.535 bits per heavy atom. The van der Waals surface area contributed by atoms with Crippen LogP contribution in [0.5, 0.6) is 57.5 Å². The van der Waals surface area contributed by atoms with Gasteiger partial charge in [-0.15, -0.1) is 23.2 Å². The largest absolute Gasteiger partial charge is 0.493 e. The van der Waals surface area contributed by atoms with Gasteiger partial charge in [0.25, 0.3) is 0 Å². The van der Waals surface area contributed by atoms with Gasteiger partial charge in [-0.05, 0) is 73.5 Å². The number of nitrogens with one attached hydrogen (secondary N) is 1. The minimum atomic E-state index is 0.331.